The van der Waals surface area contributed by atoms with E-state index in [1.54, 1.807) is 5.51 Å². The molecule has 0 unspecified atom stereocenters. The molecule has 1 aliphatic rings. The summed E-state index contributed by atoms with van der Waals surface area (Å²) in [6.07, 6.45) is 0. The zero-order chi connectivity index (χ0) is 14.8. The molecule has 1 aliphatic heterocycles. The molecule has 1 fully saturated rings. The van der Waals surface area contributed by atoms with E-state index < -0.39 is 5.97 Å². The highest BCUT2D eigenvalue weighted by molar-refractivity contribution is 7.14. The Hall–Kier alpha value is -1.84. The van der Waals surface area contributed by atoms with Crippen LogP contribution in [-0.2, 0) is 11.3 Å². The number of carboxylic acids is 1. The van der Waals surface area contributed by atoms with Gasteiger partial charge in [0, 0.05) is 38.8 Å². The molecule has 1 saturated heterocycles. The lowest BCUT2D eigenvalue weighted by Gasteiger charge is -2.33. The molecule has 1 N–H and O–H groups in total. The monoisotopic (exact) mass is 309 g/mol. The maximum Gasteiger partial charge on any atom is 0.317 e. The van der Waals surface area contributed by atoms with Gasteiger partial charge in [-0.15, -0.1) is 0 Å². The first-order chi connectivity index (χ1) is 10.1. The number of carboxylic acid groups (broad SMARTS) is 1. The fourth-order valence-corrected chi connectivity index (χ4v) is 3.05. The fraction of sp³-hybridized carbons (Fsp3) is 0.500. The molecule has 0 radical (unpaired) electrons. The number of rotatable bonds is 4. The number of aromatic nitrogens is 3. The summed E-state index contributed by atoms with van der Waals surface area (Å²) in [7, 11) is 0. The first-order valence-electron chi connectivity index (χ1n) is 6.61. The Bertz CT molecular complexity index is 704. The van der Waals surface area contributed by atoms with Crippen molar-refractivity contribution in [2.75, 3.05) is 32.7 Å². The van der Waals surface area contributed by atoms with Gasteiger partial charge in [-0.2, -0.15) is 9.61 Å². The number of carbonyl (C=O) groups is 1. The topological polar surface area (TPSA) is 91.0 Å². The van der Waals surface area contributed by atoms with E-state index in [2.05, 4.69) is 15.0 Å². The molecule has 9 heteroatoms. The van der Waals surface area contributed by atoms with Gasteiger partial charge in [-0.05, 0) is 0 Å². The van der Waals surface area contributed by atoms with E-state index in [1.165, 1.54) is 21.9 Å². The molecule has 0 amide bonds. The van der Waals surface area contributed by atoms with Crippen molar-refractivity contribution in [3.8, 4) is 0 Å². The highest BCUT2D eigenvalue weighted by atomic mass is 32.1. The molecule has 0 aliphatic carbocycles. The minimum atomic E-state index is -0.797. The van der Waals surface area contributed by atoms with Crippen LogP contribution in [0.2, 0.25) is 0 Å². The van der Waals surface area contributed by atoms with Gasteiger partial charge in [-0.1, -0.05) is 11.3 Å². The molecular weight excluding hydrogens is 294 g/mol. The lowest BCUT2D eigenvalue weighted by molar-refractivity contribution is -0.138. The molecule has 0 spiro atoms. The van der Waals surface area contributed by atoms with Crippen LogP contribution >= 0.6 is 11.3 Å². The second kappa shape index (κ2) is 5.88. The van der Waals surface area contributed by atoms with Crippen LogP contribution in [0.3, 0.4) is 0 Å². The van der Waals surface area contributed by atoms with Crippen LogP contribution in [0.25, 0.3) is 4.96 Å². The average Bonchev–Trinajstić information content (AvgIpc) is 2.89. The number of nitrogens with zero attached hydrogens (tertiary/aromatic N) is 5. The average molecular weight is 309 g/mol. The summed E-state index contributed by atoms with van der Waals surface area (Å²) in [6, 6.07) is 1.51. The molecule has 112 valence electrons. The highest BCUT2D eigenvalue weighted by Crippen LogP contribution is 2.08. The minimum absolute atomic E-state index is 0.0836. The Kier molecular flexibility index (Phi) is 3.95. The number of hydrogen-bond acceptors (Lipinski definition) is 7. The Labute approximate surface area is 124 Å². The van der Waals surface area contributed by atoms with E-state index in [4.69, 9.17) is 5.11 Å². The van der Waals surface area contributed by atoms with E-state index in [0.29, 0.717) is 24.6 Å². The van der Waals surface area contributed by atoms with E-state index in [1.807, 2.05) is 4.90 Å². The second-order valence-electron chi connectivity index (χ2n) is 4.96. The second-order valence-corrected chi connectivity index (χ2v) is 5.78. The Morgan fingerprint density at radius 2 is 2.00 bits per heavy atom. The highest BCUT2D eigenvalue weighted by Gasteiger charge is 2.19. The van der Waals surface area contributed by atoms with Crippen LogP contribution in [0.15, 0.2) is 16.4 Å². The van der Waals surface area contributed by atoms with Crippen molar-refractivity contribution < 1.29 is 9.90 Å². The summed E-state index contributed by atoms with van der Waals surface area (Å²) in [5.74, 6) is -0.797. The molecule has 8 nitrogen and oxygen atoms in total. The lowest BCUT2D eigenvalue weighted by atomic mass is 10.3. The van der Waals surface area contributed by atoms with E-state index in [-0.39, 0.29) is 12.1 Å². The van der Waals surface area contributed by atoms with Crippen molar-refractivity contribution >= 4 is 22.3 Å². The molecule has 3 heterocycles. The van der Waals surface area contributed by atoms with E-state index in [0.717, 1.165) is 18.8 Å². The third-order valence-electron chi connectivity index (χ3n) is 3.45. The smallest absolute Gasteiger partial charge is 0.317 e. The third-order valence-corrected chi connectivity index (χ3v) is 4.12. The van der Waals surface area contributed by atoms with Gasteiger partial charge in [-0.25, -0.2) is 4.98 Å². The minimum Gasteiger partial charge on any atom is -0.480 e. The van der Waals surface area contributed by atoms with Crippen molar-refractivity contribution in [2.24, 2.45) is 0 Å². The van der Waals surface area contributed by atoms with Gasteiger partial charge in [0.05, 0.1) is 12.2 Å². The van der Waals surface area contributed by atoms with Gasteiger partial charge in [0.2, 0.25) is 4.96 Å². The van der Waals surface area contributed by atoms with Crippen molar-refractivity contribution in [3.63, 3.8) is 0 Å². The number of fused-ring (bicyclic) bond motifs is 1. The molecule has 0 saturated carbocycles. The van der Waals surface area contributed by atoms with Crippen LogP contribution in [0.1, 0.15) is 5.69 Å². The van der Waals surface area contributed by atoms with Crippen LogP contribution in [0.4, 0.5) is 0 Å². The molecule has 21 heavy (non-hydrogen) atoms. The summed E-state index contributed by atoms with van der Waals surface area (Å²) >= 11 is 1.33. The normalized spacial score (nSPS) is 17.3. The molecule has 0 atom stereocenters. The maximum absolute atomic E-state index is 11.9. The molecule has 3 rings (SSSR count). The van der Waals surface area contributed by atoms with Gasteiger partial charge < -0.3 is 5.11 Å². The zero-order valence-corrected chi connectivity index (χ0v) is 12.1. The largest absolute Gasteiger partial charge is 0.480 e. The van der Waals surface area contributed by atoms with Crippen LogP contribution in [0, 0.1) is 0 Å². The van der Waals surface area contributed by atoms with E-state index >= 15 is 0 Å². The lowest BCUT2D eigenvalue weighted by Crippen LogP contribution is -2.47. The third kappa shape index (κ3) is 3.26. The zero-order valence-electron chi connectivity index (χ0n) is 11.3. The Balaban J connectivity index is 1.64. The molecule has 0 bridgehead atoms. The molecular formula is C12H15N5O3S. The fourth-order valence-electron chi connectivity index (χ4n) is 2.41. The van der Waals surface area contributed by atoms with Crippen LogP contribution in [-0.4, -0.2) is 68.2 Å². The van der Waals surface area contributed by atoms with Gasteiger partial charge >= 0.3 is 5.97 Å². The standard InChI is InChI=1S/C12H15N5O3S/c18-10-5-9(14-12-17(10)13-8-21-12)6-15-1-3-16(4-2-15)7-11(19)20/h5,8H,1-4,6-7H2,(H,19,20). The molecule has 2 aromatic heterocycles. The van der Waals surface area contributed by atoms with Crippen LogP contribution < -0.4 is 5.56 Å². The predicted molar refractivity (Wildman–Crippen MR) is 76.5 cm³/mol. The summed E-state index contributed by atoms with van der Waals surface area (Å²) in [5, 5.41) is 12.7. The summed E-state index contributed by atoms with van der Waals surface area (Å²) < 4.78 is 1.29. The first-order valence-corrected chi connectivity index (χ1v) is 7.49. The Morgan fingerprint density at radius 3 is 2.71 bits per heavy atom. The van der Waals surface area contributed by atoms with Gasteiger partial charge in [-0.3, -0.25) is 19.4 Å². The first kappa shape index (κ1) is 14.1. The Morgan fingerprint density at radius 1 is 1.29 bits per heavy atom. The summed E-state index contributed by atoms with van der Waals surface area (Å²) in [5.41, 5.74) is 2.16. The predicted octanol–water partition coefficient (Wildman–Crippen LogP) is -0.647. The van der Waals surface area contributed by atoms with Crippen molar-refractivity contribution in [1.29, 1.82) is 0 Å². The summed E-state index contributed by atoms with van der Waals surface area (Å²) in [6.45, 7) is 3.67. The van der Waals surface area contributed by atoms with Gasteiger partial charge in [0.15, 0.2) is 0 Å². The van der Waals surface area contributed by atoms with Crippen LogP contribution in [0.5, 0.6) is 0 Å². The van der Waals surface area contributed by atoms with Crippen molar-refractivity contribution in [3.05, 3.63) is 27.6 Å². The quantitative estimate of drug-likeness (QED) is 0.802. The van der Waals surface area contributed by atoms with Crippen molar-refractivity contribution in [2.45, 2.75) is 6.54 Å². The molecule has 2 aromatic rings. The number of hydrogen-bond donors (Lipinski definition) is 1. The summed E-state index contributed by atoms with van der Waals surface area (Å²) in [4.78, 5) is 31.6. The molecule has 0 aromatic carbocycles. The number of aliphatic carboxylic acids is 1. The van der Waals surface area contributed by atoms with Crippen molar-refractivity contribution in [1.82, 2.24) is 24.4 Å². The maximum atomic E-state index is 11.9. The van der Waals surface area contributed by atoms with Gasteiger partial charge in [0.1, 0.15) is 5.51 Å². The number of piperazine rings is 1. The van der Waals surface area contributed by atoms with E-state index in [9.17, 15) is 9.59 Å². The SMILES string of the molecule is O=C(O)CN1CCN(Cc2cc(=O)n3ncsc3n2)CC1. The van der Waals surface area contributed by atoms with Gasteiger partial charge in [0.25, 0.3) is 5.56 Å².